The van der Waals surface area contributed by atoms with Gasteiger partial charge in [0.1, 0.15) is 0 Å². The fraction of sp³-hybridized carbons (Fsp3) is 0.0714. The van der Waals surface area contributed by atoms with E-state index in [1.165, 1.54) is 11.7 Å². The Labute approximate surface area is 187 Å². The van der Waals surface area contributed by atoms with Gasteiger partial charge in [-0.3, -0.25) is 4.79 Å². The Morgan fingerprint density at radius 2 is 1.38 bits per heavy atom. The second-order valence-corrected chi connectivity index (χ2v) is 7.59. The predicted molar refractivity (Wildman–Crippen MR) is 133 cm³/mol. The monoisotopic (exact) mass is 417 g/mol. The summed E-state index contributed by atoms with van der Waals surface area (Å²) in [7, 11) is 0. The number of Topliss-reactive ketones (excluding diaryl/α,β-unsaturated/α-hetero) is 1. The van der Waals surface area contributed by atoms with E-state index in [0.29, 0.717) is 5.56 Å². The molecular weight excluding hydrogens is 394 g/mol. The van der Waals surface area contributed by atoms with Crippen molar-refractivity contribution in [2.45, 2.75) is 13.5 Å². The lowest BCUT2D eigenvalue weighted by atomic mass is 10.1. The second kappa shape index (κ2) is 8.52. The first-order valence-corrected chi connectivity index (χ1v) is 10.8. The lowest BCUT2D eigenvalue weighted by Crippen LogP contribution is -2.11. The number of aryl methyl sites for hydroxylation is 1. The molecule has 0 unspecified atom stereocenters. The number of hydrogen-bond donors (Lipinski definition) is 0. The maximum absolute atomic E-state index is 13.1. The van der Waals surface area contributed by atoms with Crippen molar-refractivity contribution in [1.82, 2.24) is 4.57 Å². The molecule has 0 aliphatic rings. The van der Waals surface area contributed by atoms with Crippen LogP contribution in [0.25, 0.3) is 21.8 Å². The van der Waals surface area contributed by atoms with Crippen LogP contribution in [0.2, 0.25) is 0 Å². The first-order chi connectivity index (χ1) is 15.8. The minimum absolute atomic E-state index is 0.128. The van der Waals surface area contributed by atoms with E-state index in [9.17, 15) is 4.79 Å². The molecule has 0 fully saturated rings. The SMILES string of the molecule is CCn1c2ccccc2c2cc(C(=O)C=NN(c3ccccc3)c3ccccc3)ccc21. The van der Waals surface area contributed by atoms with E-state index in [4.69, 9.17) is 0 Å². The average molecular weight is 418 g/mol. The fourth-order valence-electron chi connectivity index (χ4n) is 4.15. The molecule has 32 heavy (non-hydrogen) atoms. The van der Waals surface area contributed by atoms with Gasteiger partial charge in [0, 0.05) is 33.9 Å². The van der Waals surface area contributed by atoms with Crippen molar-refractivity contribution < 1.29 is 4.79 Å². The number of carbonyl (C=O) groups is 1. The summed E-state index contributed by atoms with van der Waals surface area (Å²) in [6.45, 7) is 3.02. The number of carbonyl (C=O) groups excluding carboxylic acids is 1. The summed E-state index contributed by atoms with van der Waals surface area (Å²) in [6.07, 6.45) is 1.40. The van der Waals surface area contributed by atoms with E-state index >= 15 is 0 Å². The molecule has 5 aromatic rings. The smallest absolute Gasteiger partial charge is 0.205 e. The summed E-state index contributed by atoms with van der Waals surface area (Å²) < 4.78 is 2.28. The molecule has 0 saturated heterocycles. The van der Waals surface area contributed by atoms with Crippen LogP contribution in [0.5, 0.6) is 0 Å². The van der Waals surface area contributed by atoms with Crippen molar-refractivity contribution in [2.75, 3.05) is 5.01 Å². The van der Waals surface area contributed by atoms with Crippen LogP contribution < -0.4 is 5.01 Å². The lowest BCUT2D eigenvalue weighted by Gasteiger charge is -2.18. The van der Waals surface area contributed by atoms with Gasteiger partial charge in [-0.2, -0.15) is 5.10 Å². The van der Waals surface area contributed by atoms with Crippen LogP contribution in [-0.4, -0.2) is 16.6 Å². The summed E-state index contributed by atoms with van der Waals surface area (Å²) in [5.41, 5.74) is 4.73. The number of aromatic nitrogens is 1. The first-order valence-electron chi connectivity index (χ1n) is 10.8. The Balaban J connectivity index is 1.52. The van der Waals surface area contributed by atoms with Crippen LogP contribution in [0.3, 0.4) is 0 Å². The van der Waals surface area contributed by atoms with Crippen LogP contribution >= 0.6 is 0 Å². The number of hydrazone groups is 1. The van der Waals surface area contributed by atoms with Gasteiger partial charge in [0.2, 0.25) is 5.78 Å². The third kappa shape index (κ3) is 3.56. The Kier molecular flexibility index (Phi) is 5.26. The molecule has 0 atom stereocenters. The minimum Gasteiger partial charge on any atom is -0.341 e. The molecule has 0 aliphatic heterocycles. The van der Waals surface area contributed by atoms with Gasteiger partial charge in [0.05, 0.1) is 17.6 Å². The minimum atomic E-state index is -0.128. The summed E-state index contributed by atoms with van der Waals surface area (Å²) in [5.74, 6) is -0.128. The van der Waals surface area contributed by atoms with Gasteiger partial charge in [-0.15, -0.1) is 0 Å². The summed E-state index contributed by atoms with van der Waals surface area (Å²) in [5, 5.41) is 8.58. The normalized spacial score (nSPS) is 11.4. The number of para-hydroxylation sites is 3. The highest BCUT2D eigenvalue weighted by Gasteiger charge is 2.13. The number of anilines is 2. The third-order valence-corrected chi connectivity index (χ3v) is 5.67. The van der Waals surface area contributed by atoms with Gasteiger partial charge in [0.15, 0.2) is 0 Å². The zero-order valence-corrected chi connectivity index (χ0v) is 17.8. The van der Waals surface area contributed by atoms with Gasteiger partial charge in [-0.05, 0) is 55.5 Å². The summed E-state index contributed by atoms with van der Waals surface area (Å²) in [4.78, 5) is 13.1. The van der Waals surface area contributed by atoms with Gasteiger partial charge >= 0.3 is 0 Å². The van der Waals surface area contributed by atoms with Gasteiger partial charge < -0.3 is 4.57 Å². The second-order valence-electron chi connectivity index (χ2n) is 7.59. The maximum Gasteiger partial charge on any atom is 0.205 e. The fourth-order valence-corrected chi connectivity index (χ4v) is 4.15. The van der Waals surface area contributed by atoms with E-state index in [-0.39, 0.29) is 5.78 Å². The van der Waals surface area contributed by atoms with Crippen molar-refractivity contribution in [2.24, 2.45) is 5.10 Å². The molecule has 0 bridgehead atoms. The van der Waals surface area contributed by atoms with Crippen molar-refractivity contribution in [3.05, 3.63) is 109 Å². The molecule has 1 heterocycles. The van der Waals surface area contributed by atoms with Crippen LogP contribution in [0.15, 0.2) is 108 Å². The van der Waals surface area contributed by atoms with Crippen LogP contribution in [0.1, 0.15) is 17.3 Å². The lowest BCUT2D eigenvalue weighted by molar-refractivity contribution is 0.107. The van der Waals surface area contributed by atoms with E-state index in [1.807, 2.05) is 91.0 Å². The van der Waals surface area contributed by atoms with E-state index < -0.39 is 0 Å². The third-order valence-electron chi connectivity index (χ3n) is 5.67. The highest BCUT2D eigenvalue weighted by atomic mass is 16.1. The highest BCUT2D eigenvalue weighted by Crippen LogP contribution is 2.30. The standard InChI is InChI=1S/C28H23N3O/c1-2-30-26-16-10-9-15-24(26)25-19-21(17-18-27(25)30)28(32)20-29-31(22-11-5-3-6-12-22)23-13-7-4-8-14-23/h3-20H,2H2,1H3. The molecule has 0 amide bonds. The zero-order chi connectivity index (χ0) is 21.9. The number of rotatable bonds is 6. The molecule has 0 saturated carbocycles. The molecule has 4 heteroatoms. The zero-order valence-electron chi connectivity index (χ0n) is 17.8. The first kappa shape index (κ1) is 19.8. The van der Waals surface area contributed by atoms with Crippen molar-refractivity contribution in [3.8, 4) is 0 Å². The molecule has 5 rings (SSSR count). The number of nitrogens with zero attached hydrogens (tertiary/aromatic N) is 3. The molecule has 156 valence electrons. The Bertz CT molecular complexity index is 1380. The maximum atomic E-state index is 13.1. The summed E-state index contributed by atoms with van der Waals surface area (Å²) in [6, 6.07) is 33.9. The van der Waals surface area contributed by atoms with Gasteiger partial charge in [0.25, 0.3) is 0 Å². The Morgan fingerprint density at radius 3 is 2.03 bits per heavy atom. The Morgan fingerprint density at radius 1 is 0.781 bits per heavy atom. The Hall–Kier alpha value is -4.18. The number of fused-ring (bicyclic) bond motifs is 3. The van der Waals surface area contributed by atoms with Gasteiger partial charge in [-0.1, -0.05) is 54.6 Å². The van der Waals surface area contributed by atoms with Crippen molar-refractivity contribution in [3.63, 3.8) is 0 Å². The molecule has 0 spiro atoms. The van der Waals surface area contributed by atoms with E-state index in [2.05, 4.69) is 28.7 Å². The molecule has 4 aromatic carbocycles. The molecule has 4 nitrogen and oxygen atoms in total. The number of benzene rings is 4. The largest absolute Gasteiger partial charge is 0.341 e. The number of ketones is 1. The average Bonchev–Trinajstić information content (AvgIpc) is 3.18. The van der Waals surface area contributed by atoms with Crippen molar-refractivity contribution in [1.29, 1.82) is 0 Å². The van der Waals surface area contributed by atoms with E-state index in [1.54, 1.807) is 5.01 Å². The van der Waals surface area contributed by atoms with E-state index in [0.717, 1.165) is 34.2 Å². The topological polar surface area (TPSA) is 37.6 Å². The van der Waals surface area contributed by atoms with Crippen LogP contribution in [0, 0.1) is 0 Å². The molecule has 1 aromatic heterocycles. The quantitative estimate of drug-likeness (QED) is 0.173. The molecule has 0 aliphatic carbocycles. The summed E-state index contributed by atoms with van der Waals surface area (Å²) >= 11 is 0. The van der Waals surface area contributed by atoms with Crippen molar-refractivity contribution >= 4 is 45.2 Å². The van der Waals surface area contributed by atoms with Crippen LogP contribution in [0.4, 0.5) is 11.4 Å². The predicted octanol–water partition coefficient (Wildman–Crippen LogP) is 6.82. The van der Waals surface area contributed by atoms with Crippen LogP contribution in [-0.2, 0) is 6.54 Å². The molecule has 0 radical (unpaired) electrons. The number of hydrogen-bond acceptors (Lipinski definition) is 3. The highest BCUT2D eigenvalue weighted by molar-refractivity contribution is 6.36. The molecular formula is C28H23N3O. The molecule has 0 N–H and O–H groups in total. The van der Waals surface area contributed by atoms with Gasteiger partial charge in [-0.25, -0.2) is 5.01 Å².